The zero-order valence-corrected chi connectivity index (χ0v) is 17.9. The van der Waals surface area contributed by atoms with Crippen LogP contribution >= 0.6 is 0 Å². The van der Waals surface area contributed by atoms with Crippen LogP contribution in [0.4, 0.5) is 11.4 Å². The molecule has 4 N–H and O–H groups in total. The molecule has 0 saturated heterocycles. The monoisotopic (exact) mass is 427 g/mol. The molecule has 162 valence electrons. The van der Waals surface area contributed by atoms with E-state index in [4.69, 9.17) is 10.5 Å². The molecule has 0 unspecified atom stereocenters. The summed E-state index contributed by atoms with van der Waals surface area (Å²) in [4.78, 5) is 25.2. The van der Waals surface area contributed by atoms with E-state index in [1.807, 2.05) is 54.6 Å². The van der Waals surface area contributed by atoms with Crippen LogP contribution in [-0.4, -0.2) is 25.0 Å². The molecule has 1 heterocycles. The predicted octanol–water partition coefficient (Wildman–Crippen LogP) is 4.30. The molecule has 1 aliphatic heterocycles. The number of carbonyl (C=O) groups excluding carboxylic acids is 2. The van der Waals surface area contributed by atoms with E-state index in [9.17, 15) is 9.59 Å². The number of ether oxygens (including phenoxy) is 1. The molecule has 6 nitrogen and oxygen atoms in total. The fraction of sp³-hybridized carbons (Fsp3) is 0.154. The first kappa shape index (κ1) is 21.3. The molecule has 6 heteroatoms. The molecule has 0 radical (unpaired) electrons. The van der Waals surface area contributed by atoms with Crippen molar-refractivity contribution < 1.29 is 14.3 Å². The molecule has 4 rings (SSSR count). The van der Waals surface area contributed by atoms with E-state index in [1.165, 1.54) is 0 Å². The Morgan fingerprint density at radius 3 is 2.44 bits per heavy atom. The van der Waals surface area contributed by atoms with Crippen molar-refractivity contribution in [1.82, 2.24) is 0 Å². The minimum Gasteiger partial charge on any atom is -0.462 e. The predicted molar refractivity (Wildman–Crippen MR) is 127 cm³/mol. The van der Waals surface area contributed by atoms with Gasteiger partial charge in [-0.15, -0.1) is 0 Å². The lowest BCUT2D eigenvalue weighted by Crippen LogP contribution is -2.10. The zero-order chi connectivity index (χ0) is 22.5. The van der Waals surface area contributed by atoms with Gasteiger partial charge >= 0.3 is 5.97 Å². The number of amides is 1. The van der Waals surface area contributed by atoms with Gasteiger partial charge in [0.1, 0.15) is 0 Å². The molecule has 3 aromatic carbocycles. The Kier molecular flexibility index (Phi) is 6.33. The lowest BCUT2D eigenvalue weighted by atomic mass is 9.99. The summed E-state index contributed by atoms with van der Waals surface area (Å²) >= 11 is 0. The van der Waals surface area contributed by atoms with Gasteiger partial charge in [-0.3, -0.25) is 4.79 Å². The van der Waals surface area contributed by atoms with Crippen molar-refractivity contribution in [3.05, 3.63) is 95.1 Å². The number of rotatable bonds is 7. The lowest BCUT2D eigenvalue weighted by Gasteiger charge is -2.15. The van der Waals surface area contributed by atoms with Crippen LogP contribution in [0.1, 0.15) is 34.0 Å². The first-order valence-corrected chi connectivity index (χ1v) is 10.6. The van der Waals surface area contributed by atoms with Crippen LogP contribution in [0, 0.1) is 0 Å². The van der Waals surface area contributed by atoms with E-state index >= 15 is 0 Å². The van der Waals surface area contributed by atoms with Gasteiger partial charge in [0.2, 0.25) is 0 Å². The normalized spacial score (nSPS) is 13.9. The number of benzene rings is 3. The highest BCUT2D eigenvalue weighted by Crippen LogP contribution is 2.38. The van der Waals surface area contributed by atoms with Crippen molar-refractivity contribution in [2.75, 3.05) is 23.8 Å². The van der Waals surface area contributed by atoms with E-state index in [2.05, 4.69) is 10.6 Å². The number of nitrogens with two attached hydrogens (primary N) is 1. The number of esters is 1. The summed E-state index contributed by atoms with van der Waals surface area (Å²) in [5.41, 5.74) is 11.5. The highest BCUT2D eigenvalue weighted by Gasteiger charge is 2.29. The van der Waals surface area contributed by atoms with Crippen molar-refractivity contribution in [2.45, 2.75) is 13.3 Å². The summed E-state index contributed by atoms with van der Waals surface area (Å²) in [5.74, 6) is -0.645. The topological polar surface area (TPSA) is 93.4 Å². The van der Waals surface area contributed by atoms with Crippen LogP contribution in [0.15, 0.2) is 72.8 Å². The van der Waals surface area contributed by atoms with E-state index in [0.29, 0.717) is 35.7 Å². The molecule has 0 bridgehead atoms. The van der Waals surface area contributed by atoms with Crippen LogP contribution in [0.3, 0.4) is 0 Å². The van der Waals surface area contributed by atoms with Gasteiger partial charge in [-0.05, 0) is 55.3 Å². The average Bonchev–Trinajstić information content (AvgIpc) is 3.14. The molecular formula is C26H25N3O3. The zero-order valence-electron chi connectivity index (χ0n) is 17.9. The number of fused-ring (bicyclic) bond motifs is 1. The fourth-order valence-electron chi connectivity index (χ4n) is 3.71. The van der Waals surface area contributed by atoms with Crippen molar-refractivity contribution in [3.63, 3.8) is 0 Å². The van der Waals surface area contributed by atoms with Gasteiger partial charge in [-0.2, -0.15) is 0 Å². The van der Waals surface area contributed by atoms with Crippen molar-refractivity contribution >= 4 is 34.5 Å². The van der Waals surface area contributed by atoms with Gasteiger partial charge in [-0.25, -0.2) is 4.79 Å². The largest absolute Gasteiger partial charge is 0.462 e. The summed E-state index contributed by atoms with van der Waals surface area (Å²) in [5, 5.41) is 6.32. The maximum Gasteiger partial charge on any atom is 0.338 e. The molecule has 3 aromatic rings. The molecule has 0 spiro atoms. The van der Waals surface area contributed by atoms with Gasteiger partial charge in [0.15, 0.2) is 0 Å². The van der Waals surface area contributed by atoms with Crippen LogP contribution in [-0.2, 0) is 16.0 Å². The Labute approximate surface area is 187 Å². The third-order valence-electron chi connectivity index (χ3n) is 5.24. The van der Waals surface area contributed by atoms with Gasteiger partial charge in [0, 0.05) is 11.3 Å². The summed E-state index contributed by atoms with van der Waals surface area (Å²) < 4.78 is 5.08. The maximum atomic E-state index is 13.0. The molecule has 0 saturated carbocycles. The van der Waals surface area contributed by atoms with Crippen molar-refractivity contribution in [2.24, 2.45) is 5.73 Å². The maximum absolute atomic E-state index is 13.0. The second kappa shape index (κ2) is 9.49. The highest BCUT2D eigenvalue weighted by atomic mass is 16.5. The van der Waals surface area contributed by atoms with Crippen LogP contribution in [0.25, 0.3) is 11.3 Å². The van der Waals surface area contributed by atoms with Gasteiger partial charge in [-0.1, -0.05) is 48.5 Å². The lowest BCUT2D eigenvalue weighted by molar-refractivity contribution is -0.110. The molecule has 32 heavy (non-hydrogen) atoms. The summed E-state index contributed by atoms with van der Waals surface area (Å²) in [6.45, 7) is 2.64. The number of nitrogens with one attached hydrogen (secondary N) is 2. The Balaban J connectivity index is 1.78. The van der Waals surface area contributed by atoms with E-state index < -0.39 is 5.97 Å². The number of hydrogen-bond donors (Lipinski definition) is 3. The van der Waals surface area contributed by atoms with E-state index in [-0.39, 0.29) is 5.91 Å². The highest BCUT2D eigenvalue weighted by molar-refractivity contribution is 6.37. The Morgan fingerprint density at radius 1 is 1.00 bits per heavy atom. The first-order valence-electron chi connectivity index (χ1n) is 10.6. The summed E-state index contributed by atoms with van der Waals surface area (Å²) in [6, 6.07) is 22.8. The summed E-state index contributed by atoms with van der Waals surface area (Å²) in [6.07, 6.45) is 0.811. The average molecular weight is 428 g/mol. The summed E-state index contributed by atoms with van der Waals surface area (Å²) in [7, 11) is 0. The molecule has 0 atom stereocenters. The molecule has 0 fully saturated rings. The Morgan fingerprint density at radius 2 is 1.75 bits per heavy atom. The quantitative estimate of drug-likeness (QED) is 0.386. The van der Waals surface area contributed by atoms with Gasteiger partial charge in [0.05, 0.1) is 29.1 Å². The Bertz CT molecular complexity index is 1170. The molecule has 1 aliphatic rings. The smallest absolute Gasteiger partial charge is 0.338 e. The molecule has 1 amide bonds. The molecule has 0 aliphatic carbocycles. The minimum atomic E-state index is -0.416. The Hall–Kier alpha value is -3.90. The van der Waals surface area contributed by atoms with Crippen LogP contribution < -0.4 is 16.4 Å². The van der Waals surface area contributed by atoms with Crippen molar-refractivity contribution in [1.29, 1.82) is 0 Å². The van der Waals surface area contributed by atoms with Gasteiger partial charge in [0.25, 0.3) is 5.91 Å². The SMILES string of the molecule is CCOC(=O)c1ccc2c(c1)NC(=O)C2=C(Nc1ccc(CCN)cc1)c1ccccc1. The number of anilines is 2. The third-order valence-corrected chi connectivity index (χ3v) is 5.24. The third kappa shape index (κ3) is 4.40. The minimum absolute atomic E-state index is 0.230. The molecule has 0 aromatic heterocycles. The second-order valence-electron chi connectivity index (χ2n) is 7.41. The van der Waals surface area contributed by atoms with Crippen LogP contribution in [0.2, 0.25) is 0 Å². The standard InChI is InChI=1S/C26H25N3O3/c1-2-32-26(31)19-10-13-21-22(16-19)29-25(30)23(21)24(18-6-4-3-5-7-18)28-20-11-8-17(9-12-20)14-15-27/h3-13,16,28H,2,14-15,27H2,1H3,(H,29,30). The number of hydrogen-bond acceptors (Lipinski definition) is 5. The number of carbonyl (C=O) groups is 2. The fourth-order valence-corrected chi connectivity index (χ4v) is 3.71. The van der Waals surface area contributed by atoms with E-state index in [0.717, 1.165) is 28.8 Å². The first-order chi connectivity index (χ1) is 15.6. The second-order valence-corrected chi connectivity index (χ2v) is 7.41. The molecular weight excluding hydrogens is 402 g/mol. The van der Waals surface area contributed by atoms with Gasteiger partial charge < -0.3 is 21.1 Å². The van der Waals surface area contributed by atoms with Crippen LogP contribution in [0.5, 0.6) is 0 Å². The van der Waals surface area contributed by atoms with E-state index in [1.54, 1.807) is 25.1 Å². The van der Waals surface area contributed by atoms with Crippen molar-refractivity contribution in [3.8, 4) is 0 Å².